The van der Waals surface area contributed by atoms with Gasteiger partial charge >= 0.3 is 0 Å². The highest BCUT2D eigenvalue weighted by atomic mass is 127. The molecule has 0 aliphatic rings. The zero-order valence-electron chi connectivity index (χ0n) is 13.1. The van der Waals surface area contributed by atoms with Crippen molar-refractivity contribution in [1.82, 2.24) is 10.6 Å². The number of rotatable bonds is 6. The molecule has 1 aromatic heterocycles. The van der Waals surface area contributed by atoms with Crippen LogP contribution in [-0.4, -0.2) is 26.7 Å². The number of thiophene rings is 1. The van der Waals surface area contributed by atoms with Gasteiger partial charge in [-0.1, -0.05) is 12.1 Å². The molecule has 0 fully saturated rings. The second-order valence-corrected chi connectivity index (χ2v) is 6.59. The molecule has 2 rings (SSSR count). The van der Waals surface area contributed by atoms with Gasteiger partial charge in [-0.15, -0.1) is 35.3 Å². The number of benzene rings is 1. The maximum absolute atomic E-state index is 5.16. The molecule has 0 saturated heterocycles. The lowest BCUT2D eigenvalue weighted by molar-refractivity contribution is 0.414. The summed E-state index contributed by atoms with van der Waals surface area (Å²) in [6.45, 7) is 1.61. The molecular weight excluding hydrogens is 489 g/mol. The number of methoxy groups -OCH3 is 1. The van der Waals surface area contributed by atoms with Crippen LogP contribution in [0.5, 0.6) is 5.75 Å². The van der Waals surface area contributed by atoms with Crippen LogP contribution in [-0.2, 0) is 13.0 Å². The molecule has 0 amide bonds. The maximum Gasteiger partial charge on any atom is 0.191 e. The van der Waals surface area contributed by atoms with Gasteiger partial charge in [-0.2, -0.15) is 0 Å². The van der Waals surface area contributed by atoms with Crippen LogP contribution in [0.3, 0.4) is 0 Å². The Labute approximate surface area is 166 Å². The van der Waals surface area contributed by atoms with Gasteiger partial charge in [0.25, 0.3) is 0 Å². The summed E-state index contributed by atoms with van der Waals surface area (Å²) in [6, 6.07) is 10.2. The Kier molecular flexibility index (Phi) is 9.57. The monoisotopic (exact) mass is 509 g/mol. The number of halogens is 2. The van der Waals surface area contributed by atoms with Crippen LogP contribution < -0.4 is 15.4 Å². The van der Waals surface area contributed by atoms with E-state index < -0.39 is 0 Å². The van der Waals surface area contributed by atoms with E-state index >= 15 is 0 Å². The molecular formula is C16H21BrIN3OS. The highest BCUT2D eigenvalue weighted by Gasteiger charge is 2.01. The number of ether oxygens (including phenoxy) is 1. The fourth-order valence-electron chi connectivity index (χ4n) is 1.96. The van der Waals surface area contributed by atoms with Crippen molar-refractivity contribution in [1.29, 1.82) is 0 Å². The third-order valence-corrected chi connectivity index (χ3v) is 4.84. The Morgan fingerprint density at radius 3 is 2.57 bits per heavy atom. The average Bonchev–Trinajstić information content (AvgIpc) is 2.96. The van der Waals surface area contributed by atoms with Gasteiger partial charge in [0.1, 0.15) is 5.75 Å². The molecule has 0 bridgehead atoms. The molecule has 7 heteroatoms. The highest BCUT2D eigenvalue weighted by molar-refractivity contribution is 14.0. The fraction of sp³-hybridized carbons (Fsp3) is 0.312. The zero-order chi connectivity index (χ0) is 15.8. The van der Waals surface area contributed by atoms with Gasteiger partial charge in [-0.3, -0.25) is 4.99 Å². The number of nitrogens with zero attached hydrogens (tertiary/aromatic N) is 1. The fourth-order valence-corrected chi connectivity index (χ4v) is 3.35. The van der Waals surface area contributed by atoms with Crippen LogP contribution in [0.25, 0.3) is 0 Å². The van der Waals surface area contributed by atoms with Crippen molar-refractivity contribution < 1.29 is 4.74 Å². The lowest BCUT2D eigenvalue weighted by Gasteiger charge is -2.11. The van der Waals surface area contributed by atoms with Crippen molar-refractivity contribution in [3.8, 4) is 5.75 Å². The summed E-state index contributed by atoms with van der Waals surface area (Å²) in [6.07, 6.45) is 0.940. The Hall–Kier alpha value is -0.800. The Morgan fingerprint density at radius 2 is 2.00 bits per heavy atom. The van der Waals surface area contributed by atoms with Crippen molar-refractivity contribution in [2.75, 3.05) is 20.7 Å². The van der Waals surface area contributed by atoms with Gasteiger partial charge in [0, 0.05) is 28.3 Å². The van der Waals surface area contributed by atoms with E-state index in [1.54, 1.807) is 25.5 Å². The smallest absolute Gasteiger partial charge is 0.191 e. The molecule has 2 aromatic rings. The molecule has 23 heavy (non-hydrogen) atoms. The van der Waals surface area contributed by atoms with Gasteiger partial charge in [-0.05, 0) is 46.1 Å². The lowest BCUT2D eigenvalue weighted by atomic mass is 10.1. The number of hydrogen-bond donors (Lipinski definition) is 2. The second kappa shape index (κ2) is 10.9. The third-order valence-electron chi connectivity index (χ3n) is 3.14. The summed E-state index contributed by atoms with van der Waals surface area (Å²) in [4.78, 5) is 5.50. The Balaban J connectivity index is 0.00000264. The van der Waals surface area contributed by atoms with Crippen molar-refractivity contribution >= 4 is 57.2 Å². The lowest BCUT2D eigenvalue weighted by Crippen LogP contribution is -2.37. The average molecular weight is 510 g/mol. The minimum Gasteiger partial charge on any atom is -0.497 e. The third kappa shape index (κ3) is 7.09. The summed E-state index contributed by atoms with van der Waals surface area (Å²) >= 11 is 5.18. The zero-order valence-corrected chi connectivity index (χ0v) is 17.9. The summed E-state index contributed by atoms with van der Waals surface area (Å²) in [5.74, 6) is 1.70. The van der Waals surface area contributed by atoms with E-state index in [4.69, 9.17) is 4.74 Å². The first-order valence-electron chi connectivity index (χ1n) is 7.01. The number of hydrogen-bond acceptors (Lipinski definition) is 3. The first kappa shape index (κ1) is 20.2. The van der Waals surface area contributed by atoms with Crippen LogP contribution >= 0.6 is 51.2 Å². The van der Waals surface area contributed by atoms with Gasteiger partial charge < -0.3 is 15.4 Å². The normalized spacial score (nSPS) is 10.8. The van der Waals surface area contributed by atoms with Gasteiger partial charge in [0.05, 0.1) is 13.7 Å². The predicted molar refractivity (Wildman–Crippen MR) is 112 cm³/mol. The van der Waals surface area contributed by atoms with Crippen molar-refractivity contribution in [2.24, 2.45) is 4.99 Å². The summed E-state index contributed by atoms with van der Waals surface area (Å²) in [7, 11) is 3.46. The van der Waals surface area contributed by atoms with Crippen LogP contribution in [0, 0.1) is 0 Å². The molecule has 0 aliphatic heterocycles. The molecule has 0 saturated carbocycles. The van der Waals surface area contributed by atoms with Crippen molar-refractivity contribution in [2.45, 2.75) is 13.0 Å². The number of guanidine groups is 1. The van der Waals surface area contributed by atoms with E-state index in [9.17, 15) is 0 Å². The van der Waals surface area contributed by atoms with Crippen LogP contribution in [0.4, 0.5) is 0 Å². The highest BCUT2D eigenvalue weighted by Crippen LogP contribution is 2.19. The summed E-state index contributed by atoms with van der Waals surface area (Å²) in [5, 5.41) is 8.72. The minimum atomic E-state index is 0. The van der Waals surface area contributed by atoms with E-state index in [-0.39, 0.29) is 24.0 Å². The molecule has 1 aromatic carbocycles. The quantitative estimate of drug-likeness (QED) is 0.351. The second-order valence-electron chi connectivity index (χ2n) is 4.68. The predicted octanol–water partition coefficient (Wildman–Crippen LogP) is 4.04. The molecule has 4 nitrogen and oxygen atoms in total. The Morgan fingerprint density at radius 1 is 1.26 bits per heavy atom. The topological polar surface area (TPSA) is 45.7 Å². The minimum absolute atomic E-state index is 0. The van der Waals surface area contributed by atoms with Crippen molar-refractivity contribution in [3.05, 3.63) is 50.6 Å². The van der Waals surface area contributed by atoms with E-state index in [2.05, 4.69) is 55.1 Å². The standard InChI is InChI=1S/C16H20BrN3OS.HI/c1-18-16(20-10-15-9-13(17)11-22-15)19-8-7-12-3-5-14(21-2)6-4-12;/h3-6,9,11H,7-8,10H2,1-2H3,(H2,18,19,20);1H. The molecule has 0 unspecified atom stereocenters. The molecule has 126 valence electrons. The SMILES string of the molecule is CN=C(NCCc1ccc(OC)cc1)NCc1cc(Br)cs1.I. The molecule has 1 heterocycles. The number of nitrogens with one attached hydrogen (secondary N) is 2. The summed E-state index contributed by atoms with van der Waals surface area (Å²) in [5.41, 5.74) is 1.27. The van der Waals surface area contributed by atoms with E-state index in [0.29, 0.717) is 0 Å². The number of aliphatic imine (C=N–C) groups is 1. The van der Waals surface area contributed by atoms with Crippen LogP contribution in [0.2, 0.25) is 0 Å². The van der Waals surface area contributed by atoms with Gasteiger partial charge in [-0.25, -0.2) is 0 Å². The van der Waals surface area contributed by atoms with E-state index in [0.717, 1.165) is 35.7 Å². The largest absolute Gasteiger partial charge is 0.497 e. The molecule has 0 radical (unpaired) electrons. The molecule has 0 aliphatic carbocycles. The molecule has 0 atom stereocenters. The maximum atomic E-state index is 5.16. The Bertz CT molecular complexity index is 616. The molecule has 2 N–H and O–H groups in total. The first-order valence-corrected chi connectivity index (χ1v) is 8.69. The van der Waals surface area contributed by atoms with E-state index in [1.165, 1.54) is 10.4 Å². The molecule has 0 spiro atoms. The van der Waals surface area contributed by atoms with Crippen molar-refractivity contribution in [3.63, 3.8) is 0 Å². The van der Waals surface area contributed by atoms with Gasteiger partial charge in [0.2, 0.25) is 0 Å². The first-order chi connectivity index (χ1) is 10.7. The van der Waals surface area contributed by atoms with Crippen LogP contribution in [0.15, 0.2) is 45.2 Å². The summed E-state index contributed by atoms with van der Waals surface area (Å²) < 4.78 is 6.28. The van der Waals surface area contributed by atoms with Crippen LogP contribution in [0.1, 0.15) is 10.4 Å². The van der Waals surface area contributed by atoms with E-state index in [1.807, 2.05) is 12.1 Å². The van der Waals surface area contributed by atoms with Gasteiger partial charge in [0.15, 0.2) is 5.96 Å².